The van der Waals surface area contributed by atoms with Crippen LogP contribution < -0.4 is 5.32 Å². The second-order valence-electron chi connectivity index (χ2n) is 7.30. The highest BCUT2D eigenvalue weighted by atomic mass is 16.5. The van der Waals surface area contributed by atoms with Crippen LogP contribution in [0, 0.1) is 0 Å². The topological polar surface area (TPSA) is 82.4 Å². The lowest BCUT2D eigenvalue weighted by Crippen LogP contribution is -2.19. The molecule has 0 saturated carbocycles. The van der Waals surface area contributed by atoms with E-state index in [1.165, 1.54) is 6.08 Å². The number of carbonyl (C=O) groups is 2. The van der Waals surface area contributed by atoms with E-state index < -0.39 is 5.97 Å². The zero-order valence-electron chi connectivity index (χ0n) is 17.4. The van der Waals surface area contributed by atoms with Gasteiger partial charge < -0.3 is 14.8 Å². The third-order valence-corrected chi connectivity index (χ3v) is 5.10. The van der Waals surface area contributed by atoms with E-state index in [9.17, 15) is 9.59 Å². The molecule has 4 rings (SSSR count). The summed E-state index contributed by atoms with van der Waals surface area (Å²) in [7, 11) is 0. The predicted octanol–water partition coefficient (Wildman–Crippen LogP) is 4.56. The van der Waals surface area contributed by atoms with Gasteiger partial charge in [-0.25, -0.2) is 9.48 Å². The minimum absolute atomic E-state index is 0.214. The van der Waals surface area contributed by atoms with Crippen molar-refractivity contribution in [2.75, 3.05) is 18.5 Å². The number of rotatable bonds is 6. The monoisotopic (exact) mass is 419 g/mol. The van der Waals surface area contributed by atoms with Crippen LogP contribution in [0.15, 0.2) is 54.6 Å². The first-order valence-corrected chi connectivity index (χ1v) is 10.5. The fourth-order valence-corrected chi connectivity index (χ4v) is 3.63. The molecule has 1 N–H and O–H groups in total. The maximum Gasteiger partial charge on any atom is 0.359 e. The van der Waals surface area contributed by atoms with E-state index >= 15 is 0 Å². The number of ether oxygens (including phenoxy) is 2. The van der Waals surface area contributed by atoms with Gasteiger partial charge in [-0.2, -0.15) is 5.10 Å². The van der Waals surface area contributed by atoms with Crippen molar-refractivity contribution in [1.82, 2.24) is 9.78 Å². The molecule has 2 heterocycles. The average molecular weight is 419 g/mol. The second kappa shape index (κ2) is 9.57. The SMILES string of the molecule is CCOC(=O)c1nn(C2CCCCO2)c2ccc(NC(=O)/C=C/c3ccccc3)cc12. The molecule has 7 heteroatoms. The van der Waals surface area contributed by atoms with E-state index in [1.807, 2.05) is 36.4 Å². The fraction of sp³-hybridized carbons (Fsp3) is 0.292. The average Bonchev–Trinajstić information content (AvgIpc) is 3.18. The number of nitrogens with one attached hydrogen (secondary N) is 1. The quantitative estimate of drug-likeness (QED) is 0.468. The van der Waals surface area contributed by atoms with Crippen LogP contribution in [-0.2, 0) is 14.3 Å². The summed E-state index contributed by atoms with van der Waals surface area (Å²) in [6.07, 6.45) is 5.91. The minimum Gasteiger partial charge on any atom is -0.461 e. The molecule has 1 atom stereocenters. The molecule has 2 aromatic carbocycles. The van der Waals surface area contributed by atoms with Crippen molar-refractivity contribution in [2.45, 2.75) is 32.4 Å². The molecule has 0 spiro atoms. The number of esters is 1. The van der Waals surface area contributed by atoms with E-state index in [2.05, 4.69) is 10.4 Å². The Morgan fingerprint density at radius 3 is 2.81 bits per heavy atom. The molecule has 160 valence electrons. The number of amides is 1. The highest BCUT2D eigenvalue weighted by Crippen LogP contribution is 2.30. The summed E-state index contributed by atoms with van der Waals surface area (Å²) in [4.78, 5) is 24.9. The van der Waals surface area contributed by atoms with E-state index in [4.69, 9.17) is 9.47 Å². The third-order valence-electron chi connectivity index (χ3n) is 5.10. The van der Waals surface area contributed by atoms with Gasteiger partial charge in [-0.05, 0) is 56.0 Å². The van der Waals surface area contributed by atoms with Crippen LogP contribution in [0.3, 0.4) is 0 Å². The molecule has 1 amide bonds. The van der Waals surface area contributed by atoms with Crippen LogP contribution in [0.4, 0.5) is 5.69 Å². The van der Waals surface area contributed by atoms with Gasteiger partial charge in [0.1, 0.15) is 0 Å². The summed E-state index contributed by atoms with van der Waals surface area (Å²) >= 11 is 0. The van der Waals surface area contributed by atoms with Gasteiger partial charge in [-0.3, -0.25) is 4.79 Å². The number of anilines is 1. The Bertz CT molecular complexity index is 1100. The van der Waals surface area contributed by atoms with Crippen LogP contribution in [0.2, 0.25) is 0 Å². The van der Waals surface area contributed by atoms with Crippen molar-refractivity contribution in [2.24, 2.45) is 0 Å². The zero-order valence-corrected chi connectivity index (χ0v) is 17.4. The number of aromatic nitrogens is 2. The molecule has 1 fully saturated rings. The molecule has 7 nitrogen and oxygen atoms in total. The Morgan fingerprint density at radius 1 is 1.23 bits per heavy atom. The first-order chi connectivity index (χ1) is 15.2. The van der Waals surface area contributed by atoms with Gasteiger partial charge in [0.15, 0.2) is 11.9 Å². The Balaban J connectivity index is 1.62. The molecule has 0 radical (unpaired) electrons. The molecule has 1 unspecified atom stereocenters. The molecule has 3 aromatic rings. The first kappa shape index (κ1) is 20.8. The Kier molecular flexibility index (Phi) is 6.43. The standard InChI is InChI=1S/C24H25N3O4/c1-2-30-24(29)23-19-16-18(25-21(28)14-11-17-8-4-3-5-9-17)12-13-20(19)27(26-23)22-10-6-7-15-31-22/h3-5,8-9,11-14,16,22H,2,6-7,10,15H2,1H3,(H,25,28)/b14-11+. The van der Waals surface area contributed by atoms with Crippen molar-refractivity contribution in [3.05, 3.63) is 65.9 Å². The lowest BCUT2D eigenvalue weighted by molar-refractivity contribution is -0.111. The van der Waals surface area contributed by atoms with E-state index in [1.54, 1.807) is 29.8 Å². The van der Waals surface area contributed by atoms with Crippen molar-refractivity contribution in [1.29, 1.82) is 0 Å². The van der Waals surface area contributed by atoms with Crippen molar-refractivity contribution >= 4 is 34.5 Å². The van der Waals surface area contributed by atoms with Crippen LogP contribution in [0.5, 0.6) is 0 Å². The van der Waals surface area contributed by atoms with Crippen molar-refractivity contribution in [3.8, 4) is 0 Å². The van der Waals surface area contributed by atoms with Crippen LogP contribution in [-0.4, -0.2) is 34.9 Å². The number of hydrogen-bond acceptors (Lipinski definition) is 5. The van der Waals surface area contributed by atoms with Crippen LogP contribution >= 0.6 is 0 Å². The summed E-state index contributed by atoms with van der Waals surface area (Å²) in [5, 5.41) is 7.99. The lowest BCUT2D eigenvalue weighted by atomic mass is 10.1. The Hall–Kier alpha value is -3.45. The molecule has 0 bridgehead atoms. The third kappa shape index (κ3) is 4.83. The smallest absolute Gasteiger partial charge is 0.359 e. The van der Waals surface area contributed by atoms with E-state index in [0.717, 1.165) is 30.3 Å². The van der Waals surface area contributed by atoms with E-state index in [-0.39, 0.29) is 24.4 Å². The first-order valence-electron chi connectivity index (χ1n) is 10.5. The van der Waals surface area contributed by atoms with Gasteiger partial charge in [0.2, 0.25) is 5.91 Å². The van der Waals surface area contributed by atoms with Gasteiger partial charge in [0.25, 0.3) is 0 Å². The molecule has 1 aromatic heterocycles. The number of carbonyl (C=O) groups excluding carboxylic acids is 2. The van der Waals surface area contributed by atoms with Gasteiger partial charge in [0.05, 0.1) is 12.1 Å². The molecular formula is C24H25N3O4. The summed E-state index contributed by atoms with van der Waals surface area (Å²) in [5.74, 6) is -0.751. The second-order valence-corrected chi connectivity index (χ2v) is 7.30. The fourth-order valence-electron chi connectivity index (χ4n) is 3.63. The Labute approximate surface area is 180 Å². The molecule has 1 aliphatic rings. The largest absolute Gasteiger partial charge is 0.461 e. The molecule has 0 aliphatic carbocycles. The number of nitrogens with zero attached hydrogens (tertiary/aromatic N) is 2. The lowest BCUT2D eigenvalue weighted by Gasteiger charge is -2.23. The molecule has 31 heavy (non-hydrogen) atoms. The maximum atomic E-state index is 12.5. The van der Waals surface area contributed by atoms with Gasteiger partial charge in [-0.15, -0.1) is 0 Å². The van der Waals surface area contributed by atoms with Gasteiger partial charge >= 0.3 is 5.97 Å². The molecular weight excluding hydrogens is 394 g/mol. The predicted molar refractivity (Wildman–Crippen MR) is 119 cm³/mol. The normalized spacial score (nSPS) is 16.5. The maximum absolute atomic E-state index is 12.5. The minimum atomic E-state index is -0.491. The highest BCUT2D eigenvalue weighted by molar-refractivity contribution is 6.06. The Morgan fingerprint density at radius 2 is 2.06 bits per heavy atom. The summed E-state index contributed by atoms with van der Waals surface area (Å²) in [6, 6.07) is 15.0. The van der Waals surface area contributed by atoms with Crippen LogP contribution in [0.25, 0.3) is 17.0 Å². The number of hydrogen-bond donors (Lipinski definition) is 1. The van der Waals surface area contributed by atoms with E-state index in [0.29, 0.717) is 17.7 Å². The van der Waals surface area contributed by atoms with Crippen molar-refractivity contribution in [3.63, 3.8) is 0 Å². The molecule has 1 aliphatic heterocycles. The molecule has 1 saturated heterocycles. The van der Waals surface area contributed by atoms with Crippen molar-refractivity contribution < 1.29 is 19.1 Å². The summed E-state index contributed by atoms with van der Waals surface area (Å²) in [6.45, 7) is 2.68. The number of fused-ring (bicyclic) bond motifs is 1. The van der Waals surface area contributed by atoms with Crippen LogP contribution in [0.1, 0.15) is 48.5 Å². The summed E-state index contributed by atoms with van der Waals surface area (Å²) in [5.41, 5.74) is 2.51. The highest BCUT2D eigenvalue weighted by Gasteiger charge is 2.24. The van der Waals surface area contributed by atoms with Gasteiger partial charge in [-0.1, -0.05) is 30.3 Å². The van der Waals surface area contributed by atoms with Gasteiger partial charge in [0, 0.05) is 23.8 Å². The summed E-state index contributed by atoms with van der Waals surface area (Å²) < 4.78 is 12.8. The zero-order chi connectivity index (χ0) is 21.6. The number of benzene rings is 2.